The highest BCUT2D eigenvalue weighted by Gasteiger charge is 2.34. The first-order chi connectivity index (χ1) is 15.3. The number of hydrogen-bond acceptors (Lipinski definition) is 3. The fourth-order valence-electron chi connectivity index (χ4n) is 5.06. The van der Waals surface area contributed by atoms with E-state index in [1.54, 1.807) is 0 Å². The minimum Gasteiger partial charge on any atom is -0.279 e. The zero-order valence-corrected chi connectivity index (χ0v) is 20.7. The lowest BCUT2D eigenvalue weighted by Gasteiger charge is -2.36. The van der Waals surface area contributed by atoms with E-state index >= 15 is 0 Å². The summed E-state index contributed by atoms with van der Waals surface area (Å²) in [4.78, 5) is 0. The number of aryl methyl sites for hydroxylation is 3. The summed E-state index contributed by atoms with van der Waals surface area (Å²) in [6.07, 6.45) is 4.36. The molecular formula is C28H36N4. The fraction of sp³-hybridized carbons (Fsp3) is 0.464. The van der Waals surface area contributed by atoms with E-state index in [1.807, 2.05) is 19.1 Å². The maximum absolute atomic E-state index is 9.69. The Kier molecular flexibility index (Phi) is 7.19. The molecule has 32 heavy (non-hydrogen) atoms. The van der Waals surface area contributed by atoms with Crippen molar-refractivity contribution in [3.8, 4) is 23.1 Å². The SMILES string of the molecule is CCC(C)CC(CC)(CC)c1ccc(C#N)cc1-c1nnc(C)n1-c1c(C)cccc1C. The molecule has 0 aliphatic carbocycles. The van der Waals surface area contributed by atoms with Gasteiger partial charge in [-0.3, -0.25) is 4.57 Å². The van der Waals surface area contributed by atoms with Crippen molar-refractivity contribution in [1.82, 2.24) is 14.8 Å². The van der Waals surface area contributed by atoms with Gasteiger partial charge in [-0.1, -0.05) is 58.4 Å². The summed E-state index contributed by atoms with van der Waals surface area (Å²) in [5, 5.41) is 18.8. The Balaban J connectivity index is 2.35. The molecule has 1 aromatic heterocycles. The van der Waals surface area contributed by atoms with E-state index in [-0.39, 0.29) is 5.41 Å². The summed E-state index contributed by atoms with van der Waals surface area (Å²) in [6, 6.07) is 14.8. The van der Waals surface area contributed by atoms with Crippen LogP contribution in [0, 0.1) is 38.0 Å². The van der Waals surface area contributed by atoms with Gasteiger partial charge < -0.3 is 0 Å². The maximum Gasteiger partial charge on any atom is 0.168 e. The molecule has 168 valence electrons. The lowest BCUT2D eigenvalue weighted by atomic mass is 9.68. The van der Waals surface area contributed by atoms with Gasteiger partial charge in [-0.15, -0.1) is 10.2 Å². The second-order valence-corrected chi connectivity index (χ2v) is 9.22. The molecule has 0 aliphatic rings. The van der Waals surface area contributed by atoms with Crippen LogP contribution in [-0.4, -0.2) is 14.8 Å². The van der Waals surface area contributed by atoms with Crippen LogP contribution in [0.1, 0.15) is 81.5 Å². The molecule has 1 atom stereocenters. The van der Waals surface area contributed by atoms with E-state index in [9.17, 15) is 5.26 Å². The third kappa shape index (κ3) is 4.21. The molecule has 0 amide bonds. The summed E-state index contributed by atoms with van der Waals surface area (Å²) >= 11 is 0. The normalized spacial score (nSPS) is 12.6. The molecule has 4 heteroatoms. The van der Waals surface area contributed by atoms with Gasteiger partial charge in [0, 0.05) is 5.56 Å². The summed E-state index contributed by atoms with van der Waals surface area (Å²) in [6.45, 7) is 15.4. The van der Waals surface area contributed by atoms with E-state index in [2.05, 4.69) is 86.6 Å². The van der Waals surface area contributed by atoms with Crippen LogP contribution in [0.15, 0.2) is 36.4 Å². The lowest BCUT2D eigenvalue weighted by molar-refractivity contribution is 0.301. The van der Waals surface area contributed by atoms with Crippen molar-refractivity contribution >= 4 is 0 Å². The molecule has 3 aromatic rings. The van der Waals surface area contributed by atoms with E-state index in [4.69, 9.17) is 0 Å². The average molecular weight is 429 g/mol. The van der Waals surface area contributed by atoms with Crippen LogP contribution in [0.4, 0.5) is 0 Å². The van der Waals surface area contributed by atoms with Gasteiger partial charge >= 0.3 is 0 Å². The van der Waals surface area contributed by atoms with Crippen LogP contribution in [0.25, 0.3) is 17.1 Å². The molecule has 0 radical (unpaired) electrons. The molecule has 4 nitrogen and oxygen atoms in total. The monoisotopic (exact) mass is 428 g/mol. The van der Waals surface area contributed by atoms with Crippen LogP contribution in [-0.2, 0) is 5.41 Å². The highest BCUT2D eigenvalue weighted by molar-refractivity contribution is 5.68. The summed E-state index contributed by atoms with van der Waals surface area (Å²) in [5.41, 5.74) is 6.49. The van der Waals surface area contributed by atoms with Gasteiger partial charge in [-0.2, -0.15) is 5.26 Å². The van der Waals surface area contributed by atoms with Crippen LogP contribution < -0.4 is 0 Å². The first kappa shape index (κ1) is 23.7. The smallest absolute Gasteiger partial charge is 0.168 e. The predicted octanol–water partition coefficient (Wildman–Crippen LogP) is 7.23. The Morgan fingerprint density at radius 1 is 1.00 bits per heavy atom. The van der Waals surface area contributed by atoms with Crippen molar-refractivity contribution in [2.75, 3.05) is 0 Å². The van der Waals surface area contributed by atoms with E-state index < -0.39 is 0 Å². The quantitative estimate of drug-likeness (QED) is 0.380. The van der Waals surface area contributed by atoms with Crippen molar-refractivity contribution in [2.45, 2.75) is 79.6 Å². The molecule has 2 aromatic carbocycles. The van der Waals surface area contributed by atoms with Gasteiger partial charge in [0.05, 0.1) is 17.3 Å². The first-order valence-electron chi connectivity index (χ1n) is 11.8. The van der Waals surface area contributed by atoms with Gasteiger partial charge in [0.1, 0.15) is 5.82 Å². The van der Waals surface area contributed by atoms with Crippen LogP contribution >= 0.6 is 0 Å². The van der Waals surface area contributed by atoms with Gasteiger partial charge in [0.2, 0.25) is 0 Å². The van der Waals surface area contributed by atoms with Crippen LogP contribution in [0.2, 0.25) is 0 Å². The van der Waals surface area contributed by atoms with Gasteiger partial charge in [0.25, 0.3) is 0 Å². The summed E-state index contributed by atoms with van der Waals surface area (Å²) < 4.78 is 2.17. The van der Waals surface area contributed by atoms with Gasteiger partial charge in [0.15, 0.2) is 5.82 Å². The zero-order valence-electron chi connectivity index (χ0n) is 20.7. The molecule has 0 aliphatic heterocycles. The van der Waals surface area contributed by atoms with Gasteiger partial charge in [-0.25, -0.2) is 0 Å². The number of para-hydroxylation sites is 1. The molecule has 0 saturated carbocycles. The van der Waals surface area contributed by atoms with E-state index in [1.165, 1.54) is 16.7 Å². The van der Waals surface area contributed by atoms with Crippen LogP contribution in [0.3, 0.4) is 0 Å². The Labute approximate surface area is 193 Å². The largest absolute Gasteiger partial charge is 0.279 e. The van der Waals surface area contributed by atoms with Crippen molar-refractivity contribution in [1.29, 1.82) is 5.26 Å². The Morgan fingerprint density at radius 2 is 1.66 bits per heavy atom. The average Bonchev–Trinajstić information content (AvgIpc) is 3.18. The summed E-state index contributed by atoms with van der Waals surface area (Å²) in [5.74, 6) is 2.30. The molecule has 0 bridgehead atoms. The second kappa shape index (κ2) is 9.69. The summed E-state index contributed by atoms with van der Waals surface area (Å²) in [7, 11) is 0. The van der Waals surface area contributed by atoms with E-state index in [0.717, 1.165) is 48.6 Å². The second-order valence-electron chi connectivity index (χ2n) is 9.22. The third-order valence-electron chi connectivity index (χ3n) is 7.24. The van der Waals surface area contributed by atoms with Gasteiger partial charge in [-0.05, 0) is 80.2 Å². The maximum atomic E-state index is 9.69. The van der Waals surface area contributed by atoms with Crippen molar-refractivity contribution in [3.63, 3.8) is 0 Å². The molecule has 0 N–H and O–H groups in total. The van der Waals surface area contributed by atoms with Crippen molar-refractivity contribution < 1.29 is 0 Å². The number of rotatable bonds is 8. The molecule has 3 rings (SSSR count). The lowest BCUT2D eigenvalue weighted by Crippen LogP contribution is -2.28. The zero-order chi connectivity index (χ0) is 23.5. The number of hydrogen-bond donors (Lipinski definition) is 0. The Morgan fingerprint density at radius 3 is 2.22 bits per heavy atom. The first-order valence-corrected chi connectivity index (χ1v) is 11.8. The minimum atomic E-state index is 0.0320. The van der Waals surface area contributed by atoms with Crippen molar-refractivity contribution in [2.24, 2.45) is 5.92 Å². The molecule has 0 saturated heterocycles. The van der Waals surface area contributed by atoms with E-state index in [0.29, 0.717) is 11.5 Å². The fourth-order valence-corrected chi connectivity index (χ4v) is 5.06. The topological polar surface area (TPSA) is 54.5 Å². The number of aromatic nitrogens is 3. The Bertz CT molecular complexity index is 1110. The third-order valence-corrected chi connectivity index (χ3v) is 7.24. The molecule has 0 spiro atoms. The molecular weight excluding hydrogens is 392 g/mol. The molecule has 1 unspecified atom stereocenters. The number of nitrogens with zero attached hydrogens (tertiary/aromatic N) is 4. The standard InChI is InChI=1S/C28H36N4/c1-8-19(4)17-28(9-2,10-3)25-15-14-23(18-29)16-24(25)27-31-30-22(7)32(27)26-20(5)12-11-13-21(26)6/h11-16,19H,8-10,17H2,1-7H3. The highest BCUT2D eigenvalue weighted by atomic mass is 15.3. The predicted molar refractivity (Wildman–Crippen MR) is 132 cm³/mol. The van der Waals surface area contributed by atoms with Crippen molar-refractivity contribution in [3.05, 3.63) is 64.5 Å². The molecule has 1 heterocycles. The number of nitriles is 1. The number of benzene rings is 2. The molecule has 0 fully saturated rings. The minimum absolute atomic E-state index is 0.0320. The highest BCUT2D eigenvalue weighted by Crippen LogP contribution is 2.44. The Hall–Kier alpha value is -2.93. The van der Waals surface area contributed by atoms with Crippen LogP contribution in [0.5, 0.6) is 0 Å².